The zero-order valence-electron chi connectivity index (χ0n) is 28.1. The number of fused-ring (bicyclic) bond motifs is 7. The van der Waals surface area contributed by atoms with Crippen molar-refractivity contribution in [2.24, 2.45) is 5.92 Å². The Morgan fingerprint density at radius 1 is 0.577 bits per heavy atom. The normalized spacial score (nSPS) is 14.3. The number of nitriles is 1. The van der Waals surface area contributed by atoms with E-state index in [1.165, 1.54) is 27.1 Å². The third-order valence-electron chi connectivity index (χ3n) is 10.1. The fraction of sp³-hybridized carbons (Fsp3) is 0.0435. The fourth-order valence-electron chi connectivity index (χ4n) is 7.64. The Morgan fingerprint density at radius 3 is 1.81 bits per heavy atom. The molecule has 5 aromatic carbocycles. The molecule has 0 N–H and O–H groups in total. The van der Waals surface area contributed by atoms with E-state index in [2.05, 4.69) is 130 Å². The molecule has 0 radical (unpaired) electrons. The summed E-state index contributed by atoms with van der Waals surface area (Å²) in [6.45, 7) is 0. The summed E-state index contributed by atoms with van der Waals surface area (Å²) in [7, 11) is 0. The molecule has 0 aliphatic heterocycles. The van der Waals surface area contributed by atoms with E-state index < -0.39 is 0 Å². The van der Waals surface area contributed by atoms with Crippen LogP contribution in [-0.2, 0) is 0 Å². The highest BCUT2D eigenvalue weighted by Crippen LogP contribution is 2.41. The number of hydrogen-bond donors (Lipinski definition) is 0. The van der Waals surface area contributed by atoms with Crippen LogP contribution in [0.5, 0.6) is 0 Å². The number of nitrogens with zero attached hydrogens (tertiary/aromatic N) is 6. The second-order valence-corrected chi connectivity index (χ2v) is 13.1. The SMILES string of the molecule is N#CC1C=CC(c2cc(-c3ccccc3)nc(-c3ccc(-n4c5ccccc5c5ccc6c7ccccc7n(-c7ccccc7)c6c54)cn3)n2)=CC1. The summed E-state index contributed by atoms with van der Waals surface area (Å²) in [5.74, 6) is 0.428. The number of allylic oxidation sites excluding steroid dienone is 4. The summed E-state index contributed by atoms with van der Waals surface area (Å²) in [5, 5.41) is 14.2. The number of hydrogen-bond acceptors (Lipinski definition) is 4. The third-order valence-corrected chi connectivity index (χ3v) is 10.1. The molecule has 244 valence electrons. The highest BCUT2D eigenvalue weighted by molar-refractivity contribution is 6.23. The van der Waals surface area contributed by atoms with Crippen molar-refractivity contribution in [2.45, 2.75) is 6.42 Å². The van der Waals surface area contributed by atoms with Crippen LogP contribution in [-0.4, -0.2) is 24.1 Å². The highest BCUT2D eigenvalue weighted by atomic mass is 15.1. The predicted octanol–water partition coefficient (Wildman–Crippen LogP) is 10.9. The van der Waals surface area contributed by atoms with Crippen LogP contribution in [0.2, 0.25) is 0 Å². The number of aromatic nitrogens is 5. The van der Waals surface area contributed by atoms with Crippen molar-refractivity contribution < 1.29 is 0 Å². The second kappa shape index (κ2) is 12.0. The minimum absolute atomic E-state index is 0.121. The fourth-order valence-corrected chi connectivity index (χ4v) is 7.64. The zero-order chi connectivity index (χ0) is 34.6. The molecule has 1 aliphatic carbocycles. The van der Waals surface area contributed by atoms with Crippen molar-refractivity contribution >= 4 is 49.2 Å². The molecule has 1 unspecified atom stereocenters. The maximum absolute atomic E-state index is 9.42. The molecular weight excluding hydrogens is 637 g/mol. The van der Waals surface area contributed by atoms with Crippen LogP contribution in [0.4, 0.5) is 0 Å². The summed E-state index contributed by atoms with van der Waals surface area (Å²) in [5.41, 5.74) is 10.9. The van der Waals surface area contributed by atoms with E-state index in [0.717, 1.165) is 50.4 Å². The standard InChI is InChI=1S/C46H30N6/c47-28-30-19-21-32(22-20-30)41-27-40(31-11-3-1-4-12-31)49-46(50-41)39-26-23-34(29-48-39)52-43-18-10-8-16-36(43)38-25-24-37-35-15-7-9-17-42(35)51(44(37)45(38)52)33-13-5-2-6-14-33/h1-19,21-27,29-30H,20H2. The van der Waals surface area contributed by atoms with Crippen molar-refractivity contribution in [2.75, 3.05) is 0 Å². The van der Waals surface area contributed by atoms with E-state index in [-0.39, 0.29) is 5.92 Å². The first-order valence-electron chi connectivity index (χ1n) is 17.5. The summed E-state index contributed by atoms with van der Waals surface area (Å²) in [4.78, 5) is 15.1. The first-order valence-corrected chi connectivity index (χ1v) is 17.5. The minimum atomic E-state index is -0.121. The molecule has 0 spiro atoms. The second-order valence-electron chi connectivity index (χ2n) is 13.1. The van der Waals surface area contributed by atoms with Crippen molar-refractivity contribution in [3.63, 3.8) is 0 Å². The molecule has 52 heavy (non-hydrogen) atoms. The quantitative estimate of drug-likeness (QED) is 0.183. The van der Waals surface area contributed by atoms with Crippen molar-refractivity contribution in [3.05, 3.63) is 170 Å². The molecule has 6 heteroatoms. The van der Waals surface area contributed by atoms with Gasteiger partial charge in [0.1, 0.15) is 5.69 Å². The molecule has 4 aromatic heterocycles. The van der Waals surface area contributed by atoms with Crippen LogP contribution in [0.1, 0.15) is 12.1 Å². The van der Waals surface area contributed by atoms with Crippen LogP contribution < -0.4 is 0 Å². The van der Waals surface area contributed by atoms with Gasteiger partial charge in [0.15, 0.2) is 5.82 Å². The number of rotatable bonds is 5. The van der Waals surface area contributed by atoms with Gasteiger partial charge >= 0.3 is 0 Å². The molecule has 0 bridgehead atoms. The summed E-state index contributed by atoms with van der Waals surface area (Å²) in [6.07, 6.45) is 8.62. The molecule has 0 saturated carbocycles. The van der Waals surface area contributed by atoms with Crippen LogP contribution in [0.3, 0.4) is 0 Å². The summed E-state index contributed by atoms with van der Waals surface area (Å²) in [6, 6.07) is 51.0. The third kappa shape index (κ3) is 4.75. The van der Waals surface area contributed by atoms with Gasteiger partial charge in [-0.25, -0.2) is 9.97 Å². The lowest BCUT2D eigenvalue weighted by Gasteiger charge is -2.14. The minimum Gasteiger partial charge on any atom is -0.307 e. The van der Waals surface area contributed by atoms with Crippen molar-refractivity contribution in [3.8, 4) is 40.2 Å². The van der Waals surface area contributed by atoms with Gasteiger partial charge in [0.05, 0.1) is 57.3 Å². The number of benzene rings is 5. The lowest BCUT2D eigenvalue weighted by atomic mass is 9.96. The maximum Gasteiger partial charge on any atom is 0.179 e. The average molecular weight is 667 g/mol. The van der Waals surface area contributed by atoms with Crippen molar-refractivity contribution in [1.82, 2.24) is 24.1 Å². The molecule has 0 amide bonds. The van der Waals surface area contributed by atoms with Crippen LogP contribution in [0.15, 0.2) is 164 Å². The molecule has 10 rings (SSSR count). The Balaban J connectivity index is 1.18. The van der Waals surface area contributed by atoms with Gasteiger partial charge < -0.3 is 9.13 Å². The molecule has 1 atom stereocenters. The molecule has 9 aromatic rings. The Kier molecular flexibility index (Phi) is 6.90. The van der Waals surface area contributed by atoms with Gasteiger partial charge in [-0.15, -0.1) is 0 Å². The molecule has 1 aliphatic rings. The van der Waals surface area contributed by atoms with Crippen LogP contribution in [0, 0.1) is 17.2 Å². The van der Waals surface area contributed by atoms with Gasteiger partial charge in [-0.3, -0.25) is 4.98 Å². The van der Waals surface area contributed by atoms with E-state index in [9.17, 15) is 5.26 Å². The Bertz CT molecular complexity index is 2930. The monoisotopic (exact) mass is 666 g/mol. The van der Waals surface area contributed by atoms with Gasteiger partial charge in [-0.1, -0.05) is 115 Å². The predicted molar refractivity (Wildman–Crippen MR) is 210 cm³/mol. The first-order chi connectivity index (χ1) is 25.7. The van der Waals surface area contributed by atoms with Gasteiger partial charge in [-0.05, 0) is 54.5 Å². The number of para-hydroxylation sites is 3. The molecule has 4 heterocycles. The van der Waals surface area contributed by atoms with Gasteiger partial charge in [0, 0.05) is 32.8 Å². The lowest BCUT2D eigenvalue weighted by molar-refractivity contribution is 0.839. The van der Waals surface area contributed by atoms with E-state index in [4.69, 9.17) is 15.0 Å². The Hall–Kier alpha value is -7.10. The summed E-state index contributed by atoms with van der Waals surface area (Å²) < 4.78 is 4.74. The topological polar surface area (TPSA) is 72.3 Å². The highest BCUT2D eigenvalue weighted by Gasteiger charge is 2.21. The first kappa shape index (κ1) is 29.8. The van der Waals surface area contributed by atoms with Gasteiger partial charge in [-0.2, -0.15) is 5.26 Å². The van der Waals surface area contributed by atoms with Crippen LogP contribution >= 0.6 is 0 Å². The largest absolute Gasteiger partial charge is 0.307 e. The van der Waals surface area contributed by atoms with Gasteiger partial charge in [0.25, 0.3) is 0 Å². The lowest BCUT2D eigenvalue weighted by Crippen LogP contribution is -2.02. The van der Waals surface area contributed by atoms with E-state index >= 15 is 0 Å². The zero-order valence-corrected chi connectivity index (χ0v) is 28.1. The Morgan fingerprint density at radius 2 is 1.19 bits per heavy atom. The average Bonchev–Trinajstić information content (AvgIpc) is 3.75. The van der Waals surface area contributed by atoms with Crippen molar-refractivity contribution in [1.29, 1.82) is 5.26 Å². The molecule has 6 nitrogen and oxygen atoms in total. The number of pyridine rings is 1. The van der Waals surface area contributed by atoms with E-state index in [1.807, 2.05) is 48.7 Å². The maximum atomic E-state index is 9.42. The van der Waals surface area contributed by atoms with E-state index in [1.54, 1.807) is 0 Å². The molecule has 0 fully saturated rings. The summed E-state index contributed by atoms with van der Waals surface area (Å²) >= 11 is 0. The Labute approximate surface area is 299 Å². The molecular formula is C46H30N6. The van der Waals surface area contributed by atoms with E-state index in [0.29, 0.717) is 17.9 Å². The molecule has 0 saturated heterocycles. The van der Waals surface area contributed by atoms with Crippen LogP contribution in [0.25, 0.3) is 83.3 Å². The smallest absolute Gasteiger partial charge is 0.179 e. The van der Waals surface area contributed by atoms with Gasteiger partial charge in [0.2, 0.25) is 0 Å².